The van der Waals surface area contributed by atoms with Gasteiger partial charge in [-0.25, -0.2) is 4.39 Å². The van der Waals surface area contributed by atoms with E-state index in [1.54, 1.807) is 13.1 Å². The van der Waals surface area contributed by atoms with Crippen molar-refractivity contribution in [1.29, 1.82) is 5.26 Å². The average Bonchev–Trinajstić information content (AvgIpc) is 2.61. The molecule has 0 unspecified atom stereocenters. The molecule has 0 bridgehead atoms. The van der Waals surface area contributed by atoms with Crippen LogP contribution in [0.2, 0.25) is 0 Å². The summed E-state index contributed by atoms with van der Waals surface area (Å²) in [6.07, 6.45) is 5.45. The molecule has 134 valence electrons. The predicted molar refractivity (Wildman–Crippen MR) is 101 cm³/mol. The van der Waals surface area contributed by atoms with Crippen molar-refractivity contribution in [2.45, 2.75) is 25.9 Å². The van der Waals surface area contributed by atoms with Gasteiger partial charge in [0.1, 0.15) is 17.4 Å². The molecule has 0 saturated carbocycles. The molecule has 0 radical (unpaired) electrons. The maximum Gasteiger partial charge on any atom is 0.270 e. The lowest BCUT2D eigenvalue weighted by molar-refractivity contribution is 0.187. The number of hydrogen-bond donors (Lipinski definition) is 0. The minimum Gasteiger partial charge on any atom is -0.364 e. The van der Waals surface area contributed by atoms with Gasteiger partial charge in [-0.3, -0.25) is 9.69 Å². The smallest absolute Gasteiger partial charge is 0.270 e. The quantitative estimate of drug-likeness (QED) is 0.777. The highest BCUT2D eigenvalue weighted by molar-refractivity contribution is 5.95. The van der Waals surface area contributed by atoms with Crippen molar-refractivity contribution in [3.05, 3.63) is 39.9 Å². The second-order valence-electron chi connectivity index (χ2n) is 6.85. The van der Waals surface area contributed by atoms with Gasteiger partial charge in [-0.15, -0.1) is 6.42 Å². The zero-order valence-electron chi connectivity index (χ0n) is 15.2. The molecule has 3 rings (SSSR count). The molecular weight excluding hydrogens is 331 g/mol. The van der Waals surface area contributed by atoms with Crippen LogP contribution in [-0.2, 0) is 7.05 Å². The number of terminal acetylenes is 1. The first-order valence-electron chi connectivity index (χ1n) is 8.55. The maximum atomic E-state index is 14.0. The van der Waals surface area contributed by atoms with Crippen LogP contribution in [0.25, 0.3) is 10.9 Å². The van der Waals surface area contributed by atoms with E-state index in [-0.39, 0.29) is 23.2 Å². The van der Waals surface area contributed by atoms with E-state index in [1.807, 2.05) is 17.9 Å². The van der Waals surface area contributed by atoms with Gasteiger partial charge in [0, 0.05) is 37.6 Å². The van der Waals surface area contributed by atoms with Gasteiger partial charge in [0.05, 0.1) is 17.7 Å². The number of nitrogens with zero attached hydrogens (tertiary/aromatic N) is 4. The number of aryl methyl sites for hydroxylation is 1. The second kappa shape index (κ2) is 6.82. The molecule has 2 aromatic rings. The van der Waals surface area contributed by atoms with Gasteiger partial charge in [-0.1, -0.05) is 5.92 Å². The van der Waals surface area contributed by atoms with Crippen LogP contribution in [0.4, 0.5) is 10.1 Å². The SMILES string of the molecule is C#CCN1C[C@H](C)N(c2c(C#N)c(=O)n(C)c3ccc(F)cc23)C[C@H]1C. The Balaban J connectivity index is 2.23. The van der Waals surface area contributed by atoms with Gasteiger partial charge in [0.2, 0.25) is 0 Å². The summed E-state index contributed by atoms with van der Waals surface area (Å²) in [4.78, 5) is 16.9. The first-order valence-corrected chi connectivity index (χ1v) is 8.55. The van der Waals surface area contributed by atoms with Crippen LogP contribution in [0.1, 0.15) is 19.4 Å². The number of aromatic nitrogens is 1. The molecule has 0 aliphatic carbocycles. The number of rotatable bonds is 2. The van der Waals surface area contributed by atoms with Gasteiger partial charge < -0.3 is 9.47 Å². The van der Waals surface area contributed by atoms with Crippen molar-refractivity contribution >= 4 is 16.6 Å². The first-order chi connectivity index (χ1) is 12.4. The number of piperazine rings is 1. The van der Waals surface area contributed by atoms with Crippen molar-refractivity contribution in [3.8, 4) is 18.4 Å². The van der Waals surface area contributed by atoms with E-state index in [0.29, 0.717) is 36.2 Å². The fraction of sp³-hybridized carbons (Fsp3) is 0.400. The van der Waals surface area contributed by atoms with Crippen molar-refractivity contribution in [2.24, 2.45) is 7.05 Å². The molecule has 1 aliphatic rings. The first kappa shape index (κ1) is 18.0. The van der Waals surface area contributed by atoms with E-state index in [9.17, 15) is 14.4 Å². The summed E-state index contributed by atoms with van der Waals surface area (Å²) < 4.78 is 15.4. The van der Waals surface area contributed by atoms with Crippen LogP contribution >= 0.6 is 0 Å². The van der Waals surface area contributed by atoms with Crippen molar-refractivity contribution < 1.29 is 4.39 Å². The van der Waals surface area contributed by atoms with E-state index < -0.39 is 5.82 Å². The Bertz CT molecular complexity index is 998. The summed E-state index contributed by atoms with van der Waals surface area (Å²) >= 11 is 0. The Morgan fingerprint density at radius 3 is 2.69 bits per heavy atom. The van der Waals surface area contributed by atoms with E-state index in [1.165, 1.54) is 16.7 Å². The molecule has 1 fully saturated rings. The molecule has 5 nitrogen and oxygen atoms in total. The third-order valence-corrected chi connectivity index (χ3v) is 5.14. The molecule has 1 aromatic carbocycles. The summed E-state index contributed by atoms with van der Waals surface area (Å²) in [5.41, 5.74) is 0.809. The van der Waals surface area contributed by atoms with E-state index >= 15 is 0 Å². The minimum atomic E-state index is -0.395. The average molecular weight is 352 g/mol. The standard InChI is InChI=1S/C20H21FN4O/c1-5-8-24-11-14(3)25(12-13(24)2)19-16-9-15(21)6-7-18(16)23(4)20(26)17(19)10-22/h1,6-7,9,13-14H,8,11-12H2,2-4H3/t13-,14+/m1/s1. The molecule has 0 N–H and O–H groups in total. The van der Waals surface area contributed by atoms with Gasteiger partial charge in [-0.05, 0) is 32.0 Å². The van der Waals surface area contributed by atoms with Crippen LogP contribution in [0.3, 0.4) is 0 Å². The number of hydrogen-bond acceptors (Lipinski definition) is 4. The Kier molecular flexibility index (Phi) is 4.71. The molecule has 6 heteroatoms. The molecule has 2 atom stereocenters. The monoisotopic (exact) mass is 352 g/mol. The Morgan fingerprint density at radius 1 is 1.31 bits per heavy atom. The third kappa shape index (κ3) is 2.83. The number of pyridine rings is 1. The van der Waals surface area contributed by atoms with E-state index in [4.69, 9.17) is 6.42 Å². The Labute approximate surface area is 152 Å². The largest absolute Gasteiger partial charge is 0.364 e. The van der Waals surface area contributed by atoms with Crippen molar-refractivity contribution in [3.63, 3.8) is 0 Å². The molecule has 1 saturated heterocycles. The Morgan fingerprint density at radius 2 is 2.04 bits per heavy atom. The van der Waals surface area contributed by atoms with Crippen molar-refractivity contribution in [1.82, 2.24) is 9.47 Å². The van der Waals surface area contributed by atoms with Crippen molar-refractivity contribution in [2.75, 3.05) is 24.5 Å². The van der Waals surface area contributed by atoms with Gasteiger partial charge in [0.25, 0.3) is 5.56 Å². The summed E-state index contributed by atoms with van der Waals surface area (Å²) in [7, 11) is 1.60. The summed E-state index contributed by atoms with van der Waals surface area (Å²) in [6.45, 7) is 5.96. The summed E-state index contributed by atoms with van der Waals surface area (Å²) in [6, 6.07) is 6.54. The maximum absolute atomic E-state index is 14.0. The Hall–Kier alpha value is -2.83. The molecular formula is C20H21FN4O. The lowest BCUT2D eigenvalue weighted by Gasteiger charge is -2.45. The lowest BCUT2D eigenvalue weighted by atomic mass is 10.0. The topological polar surface area (TPSA) is 52.3 Å². The predicted octanol–water partition coefficient (Wildman–Crippen LogP) is 2.08. The number of nitriles is 1. The normalized spacial score (nSPS) is 20.8. The fourth-order valence-corrected chi connectivity index (χ4v) is 3.75. The number of fused-ring (bicyclic) bond motifs is 1. The van der Waals surface area contributed by atoms with E-state index in [2.05, 4.69) is 17.7 Å². The fourth-order valence-electron chi connectivity index (χ4n) is 3.75. The molecule has 26 heavy (non-hydrogen) atoms. The van der Waals surface area contributed by atoms with Crippen LogP contribution < -0.4 is 10.5 Å². The van der Waals surface area contributed by atoms with E-state index in [0.717, 1.165) is 0 Å². The van der Waals surface area contributed by atoms with Crippen LogP contribution in [0, 0.1) is 29.5 Å². The number of halogens is 1. The molecule has 1 aromatic heterocycles. The second-order valence-corrected chi connectivity index (χ2v) is 6.85. The number of benzene rings is 1. The van der Waals surface area contributed by atoms with Crippen LogP contribution in [0.15, 0.2) is 23.0 Å². The lowest BCUT2D eigenvalue weighted by Crippen LogP contribution is -2.57. The molecule has 1 aliphatic heterocycles. The third-order valence-electron chi connectivity index (χ3n) is 5.14. The molecule has 0 amide bonds. The minimum absolute atomic E-state index is 0.0326. The molecule has 2 heterocycles. The summed E-state index contributed by atoms with van der Waals surface area (Å²) in [5, 5.41) is 10.2. The van der Waals surface area contributed by atoms with Gasteiger partial charge >= 0.3 is 0 Å². The molecule has 0 spiro atoms. The van der Waals surface area contributed by atoms with Gasteiger partial charge in [0.15, 0.2) is 0 Å². The summed E-state index contributed by atoms with van der Waals surface area (Å²) in [5.74, 6) is 2.28. The zero-order valence-corrected chi connectivity index (χ0v) is 15.2. The van der Waals surface area contributed by atoms with Gasteiger partial charge in [-0.2, -0.15) is 5.26 Å². The highest BCUT2D eigenvalue weighted by atomic mass is 19.1. The zero-order chi connectivity index (χ0) is 19.0. The highest BCUT2D eigenvalue weighted by Gasteiger charge is 2.32. The highest BCUT2D eigenvalue weighted by Crippen LogP contribution is 2.32. The van der Waals surface area contributed by atoms with Crippen LogP contribution in [0.5, 0.6) is 0 Å². The van der Waals surface area contributed by atoms with Crippen LogP contribution in [-0.4, -0.2) is 41.2 Å². The number of anilines is 1.